The van der Waals surface area contributed by atoms with Gasteiger partial charge in [0.1, 0.15) is 10.8 Å². The second kappa shape index (κ2) is 7.61. The van der Waals surface area contributed by atoms with Gasteiger partial charge in [0.2, 0.25) is 5.01 Å². The number of hydrogen-bond acceptors (Lipinski definition) is 7. The molecule has 152 valence electrons. The minimum Gasteiger partial charge on any atom is -0.339 e. The van der Waals surface area contributed by atoms with E-state index in [0.29, 0.717) is 24.4 Å². The molecule has 0 saturated carbocycles. The van der Waals surface area contributed by atoms with E-state index in [4.69, 9.17) is 0 Å². The zero-order chi connectivity index (χ0) is 20.6. The smallest absolute Gasteiger partial charge is 0.286 e. The van der Waals surface area contributed by atoms with Gasteiger partial charge < -0.3 is 9.88 Å². The first-order chi connectivity index (χ1) is 13.9. The molecule has 0 spiro atoms. The Bertz CT molecular complexity index is 1160. The number of rotatable bonds is 5. The van der Waals surface area contributed by atoms with Crippen LogP contribution in [0, 0.1) is 5.82 Å². The molecule has 3 heterocycles. The van der Waals surface area contributed by atoms with Crippen molar-refractivity contribution < 1.29 is 17.6 Å². The molecule has 0 bridgehead atoms. The molecule has 1 amide bonds. The normalized spacial score (nSPS) is 17.5. The summed E-state index contributed by atoms with van der Waals surface area (Å²) in [5.74, 6) is -1.16. The van der Waals surface area contributed by atoms with Gasteiger partial charge in [0, 0.05) is 19.8 Å². The summed E-state index contributed by atoms with van der Waals surface area (Å²) in [7, 11) is -2.10. The maximum absolute atomic E-state index is 13.7. The largest absolute Gasteiger partial charge is 0.339 e. The van der Waals surface area contributed by atoms with Crippen LogP contribution in [0.1, 0.15) is 33.7 Å². The number of carbonyl (C=O) groups excluding carboxylic acids is 1. The SMILES string of the molecule is Cn1cnc(S(=O)(=O)N2CCCC2c2nnc(C(=O)Nc3ccccc3F)s2)c1. The van der Waals surface area contributed by atoms with E-state index >= 15 is 0 Å². The van der Waals surface area contributed by atoms with E-state index in [1.807, 2.05) is 0 Å². The summed E-state index contributed by atoms with van der Waals surface area (Å²) in [6.45, 7) is 0.333. The number of aromatic nitrogens is 4. The molecule has 1 atom stereocenters. The summed E-state index contributed by atoms with van der Waals surface area (Å²) < 4.78 is 42.5. The van der Waals surface area contributed by atoms with E-state index in [-0.39, 0.29) is 15.7 Å². The number of carbonyl (C=O) groups is 1. The summed E-state index contributed by atoms with van der Waals surface area (Å²) in [5.41, 5.74) is 0.0365. The van der Waals surface area contributed by atoms with Crippen LogP contribution in [0.3, 0.4) is 0 Å². The van der Waals surface area contributed by atoms with Gasteiger partial charge in [-0.25, -0.2) is 17.8 Å². The average molecular weight is 436 g/mol. The summed E-state index contributed by atoms with van der Waals surface area (Å²) in [5, 5.41) is 10.8. The maximum Gasteiger partial charge on any atom is 0.286 e. The van der Waals surface area contributed by atoms with Crippen molar-refractivity contribution >= 4 is 33.0 Å². The van der Waals surface area contributed by atoms with Gasteiger partial charge in [-0.3, -0.25) is 4.79 Å². The Kier molecular flexibility index (Phi) is 5.15. The van der Waals surface area contributed by atoms with E-state index < -0.39 is 27.8 Å². The van der Waals surface area contributed by atoms with E-state index in [2.05, 4.69) is 20.5 Å². The topological polar surface area (TPSA) is 110 Å². The molecule has 1 saturated heterocycles. The van der Waals surface area contributed by atoms with Crippen LogP contribution in [0.25, 0.3) is 0 Å². The Balaban J connectivity index is 1.55. The van der Waals surface area contributed by atoms with Crippen molar-refractivity contribution in [3.05, 3.63) is 52.6 Å². The first kappa shape index (κ1) is 19.6. The minimum atomic E-state index is -3.79. The zero-order valence-corrected chi connectivity index (χ0v) is 17.0. The van der Waals surface area contributed by atoms with E-state index in [1.165, 1.54) is 35.0 Å². The van der Waals surface area contributed by atoms with Crippen LogP contribution in [0.4, 0.5) is 10.1 Å². The molecule has 4 rings (SSSR count). The van der Waals surface area contributed by atoms with Gasteiger partial charge in [-0.15, -0.1) is 10.2 Å². The quantitative estimate of drug-likeness (QED) is 0.657. The van der Waals surface area contributed by atoms with Gasteiger partial charge in [-0.1, -0.05) is 23.5 Å². The van der Waals surface area contributed by atoms with Crippen molar-refractivity contribution in [3.8, 4) is 0 Å². The van der Waals surface area contributed by atoms with Gasteiger partial charge >= 0.3 is 0 Å². The number of imidazole rings is 1. The number of hydrogen-bond donors (Lipinski definition) is 1. The van der Waals surface area contributed by atoms with Crippen molar-refractivity contribution in [2.75, 3.05) is 11.9 Å². The first-order valence-corrected chi connectivity index (χ1v) is 11.0. The fraction of sp³-hybridized carbons (Fsp3) is 0.294. The highest BCUT2D eigenvalue weighted by molar-refractivity contribution is 7.89. The second-order valence-corrected chi connectivity index (χ2v) is 9.38. The number of para-hydroxylation sites is 1. The van der Waals surface area contributed by atoms with Gasteiger partial charge in [-0.2, -0.15) is 4.31 Å². The molecule has 12 heteroatoms. The Labute approximate surface area is 170 Å². The number of nitrogens with one attached hydrogen (secondary N) is 1. The van der Waals surface area contributed by atoms with Crippen LogP contribution < -0.4 is 5.32 Å². The average Bonchev–Trinajstić information content (AvgIpc) is 3.43. The number of nitrogens with zero attached hydrogens (tertiary/aromatic N) is 5. The third kappa shape index (κ3) is 3.78. The summed E-state index contributed by atoms with van der Waals surface area (Å²) in [6, 6.07) is 5.27. The van der Waals surface area contributed by atoms with Crippen molar-refractivity contribution in [1.82, 2.24) is 24.1 Å². The zero-order valence-electron chi connectivity index (χ0n) is 15.3. The number of aryl methyl sites for hydroxylation is 1. The molecule has 1 aromatic carbocycles. The molecule has 3 aromatic rings. The number of anilines is 1. The second-order valence-electron chi connectivity index (χ2n) is 6.53. The Morgan fingerprint density at radius 2 is 2.10 bits per heavy atom. The molecule has 29 heavy (non-hydrogen) atoms. The molecule has 0 aliphatic carbocycles. The molecule has 1 aliphatic rings. The third-order valence-electron chi connectivity index (χ3n) is 4.50. The van der Waals surface area contributed by atoms with Gasteiger partial charge in [0.05, 0.1) is 18.1 Å². The summed E-state index contributed by atoms with van der Waals surface area (Å²) >= 11 is 0.995. The highest BCUT2D eigenvalue weighted by Crippen LogP contribution is 2.37. The number of halogens is 1. The van der Waals surface area contributed by atoms with Crippen LogP contribution >= 0.6 is 11.3 Å². The fourth-order valence-corrected chi connectivity index (χ4v) is 5.70. The number of sulfonamides is 1. The van der Waals surface area contributed by atoms with Gasteiger partial charge in [0.15, 0.2) is 5.03 Å². The molecule has 1 fully saturated rings. The Morgan fingerprint density at radius 3 is 2.83 bits per heavy atom. The van der Waals surface area contributed by atoms with Crippen molar-refractivity contribution in [3.63, 3.8) is 0 Å². The lowest BCUT2D eigenvalue weighted by molar-refractivity contribution is 0.102. The van der Waals surface area contributed by atoms with E-state index in [9.17, 15) is 17.6 Å². The Morgan fingerprint density at radius 1 is 1.31 bits per heavy atom. The summed E-state index contributed by atoms with van der Waals surface area (Å²) in [4.78, 5) is 16.3. The maximum atomic E-state index is 13.7. The molecular formula is C17H17FN6O3S2. The van der Waals surface area contributed by atoms with Crippen molar-refractivity contribution in [2.24, 2.45) is 7.05 Å². The van der Waals surface area contributed by atoms with E-state index in [0.717, 1.165) is 11.3 Å². The van der Waals surface area contributed by atoms with Crippen LogP contribution in [-0.4, -0.2) is 44.9 Å². The lowest BCUT2D eigenvalue weighted by atomic mass is 10.2. The predicted molar refractivity (Wildman–Crippen MR) is 103 cm³/mol. The highest BCUT2D eigenvalue weighted by atomic mass is 32.2. The molecule has 9 nitrogen and oxygen atoms in total. The first-order valence-electron chi connectivity index (χ1n) is 8.75. The molecule has 0 radical (unpaired) electrons. The van der Waals surface area contributed by atoms with Crippen LogP contribution in [0.5, 0.6) is 0 Å². The van der Waals surface area contributed by atoms with Crippen molar-refractivity contribution in [2.45, 2.75) is 23.9 Å². The summed E-state index contributed by atoms with van der Waals surface area (Å²) in [6.07, 6.45) is 4.09. The molecule has 2 aromatic heterocycles. The molecule has 1 unspecified atom stereocenters. The molecule has 1 aliphatic heterocycles. The monoisotopic (exact) mass is 436 g/mol. The van der Waals surface area contributed by atoms with Crippen LogP contribution in [0.15, 0.2) is 41.8 Å². The molecular weight excluding hydrogens is 419 g/mol. The van der Waals surface area contributed by atoms with Crippen LogP contribution in [-0.2, 0) is 17.1 Å². The predicted octanol–water partition coefficient (Wildman–Crippen LogP) is 2.19. The molecule has 1 N–H and O–H groups in total. The fourth-order valence-electron chi connectivity index (χ4n) is 3.12. The highest BCUT2D eigenvalue weighted by Gasteiger charge is 2.39. The minimum absolute atomic E-state index is 0.0327. The number of amides is 1. The van der Waals surface area contributed by atoms with Gasteiger partial charge in [0.25, 0.3) is 15.9 Å². The van der Waals surface area contributed by atoms with E-state index in [1.54, 1.807) is 17.7 Å². The lowest BCUT2D eigenvalue weighted by Crippen LogP contribution is -2.31. The lowest BCUT2D eigenvalue weighted by Gasteiger charge is -2.20. The number of benzene rings is 1. The standard InChI is InChI=1S/C17H17FN6O3S2/c1-23-9-14(19-10-23)29(26,27)24-8-4-7-13(24)16-21-22-17(28-16)15(25)20-12-6-3-2-5-11(12)18/h2-3,5-6,9-10,13H,4,7-8H2,1H3,(H,20,25). The van der Waals surface area contributed by atoms with Crippen molar-refractivity contribution in [1.29, 1.82) is 0 Å². The van der Waals surface area contributed by atoms with Gasteiger partial charge in [-0.05, 0) is 25.0 Å². The Hall–Kier alpha value is -2.70. The third-order valence-corrected chi connectivity index (χ3v) is 7.32. The van der Waals surface area contributed by atoms with Crippen LogP contribution in [0.2, 0.25) is 0 Å².